The van der Waals surface area contributed by atoms with Crippen LogP contribution in [-0.4, -0.2) is 17.3 Å². The van der Waals surface area contributed by atoms with Crippen molar-refractivity contribution in [3.63, 3.8) is 0 Å². The van der Waals surface area contributed by atoms with E-state index in [-0.39, 0.29) is 6.10 Å². The summed E-state index contributed by atoms with van der Waals surface area (Å²) in [5.74, 6) is 0.662. The van der Waals surface area contributed by atoms with Crippen LogP contribution in [0.2, 0.25) is 0 Å². The molecule has 3 unspecified atom stereocenters. The van der Waals surface area contributed by atoms with Crippen molar-refractivity contribution in [2.45, 2.75) is 63.3 Å². The van der Waals surface area contributed by atoms with Gasteiger partial charge in [-0.15, -0.1) is 0 Å². The number of hydrogen-bond donors (Lipinski definition) is 1. The highest BCUT2D eigenvalue weighted by molar-refractivity contribution is 5.34. The van der Waals surface area contributed by atoms with E-state index in [1.165, 1.54) is 24.8 Å². The Balaban J connectivity index is 1.82. The molecule has 1 saturated carbocycles. The number of aliphatic hydroxyl groups is 1. The number of rotatable bonds is 3. The van der Waals surface area contributed by atoms with Crippen molar-refractivity contribution >= 4 is 0 Å². The van der Waals surface area contributed by atoms with Crippen molar-refractivity contribution in [1.29, 1.82) is 0 Å². The molecule has 3 atom stereocenters. The van der Waals surface area contributed by atoms with Crippen LogP contribution in [-0.2, 0) is 4.74 Å². The molecule has 2 fully saturated rings. The van der Waals surface area contributed by atoms with Crippen molar-refractivity contribution in [2.75, 3.05) is 0 Å². The Bertz CT molecular complexity index is 411. The summed E-state index contributed by atoms with van der Waals surface area (Å²) in [5.41, 5.74) is 2.45. The number of benzene rings is 1. The summed E-state index contributed by atoms with van der Waals surface area (Å²) in [6.45, 7) is 2.09. The zero-order valence-corrected chi connectivity index (χ0v) is 11.0. The number of hydrogen-bond acceptors (Lipinski definition) is 2. The fourth-order valence-electron chi connectivity index (χ4n) is 3.14. The first kappa shape index (κ1) is 12.2. The first-order valence-electron chi connectivity index (χ1n) is 7.18. The molecule has 3 rings (SSSR count). The highest BCUT2D eigenvalue weighted by Gasteiger charge is 2.32. The number of ether oxygens (including phenoxy) is 1. The molecule has 1 N–H and O–H groups in total. The predicted octanol–water partition coefficient (Wildman–Crippen LogP) is 3.56. The van der Waals surface area contributed by atoms with Gasteiger partial charge in [-0.25, -0.2) is 0 Å². The molecule has 18 heavy (non-hydrogen) atoms. The maximum atomic E-state index is 10.6. The number of aliphatic hydroxyl groups excluding tert-OH is 1. The quantitative estimate of drug-likeness (QED) is 0.883. The lowest BCUT2D eigenvalue weighted by Crippen LogP contribution is -2.21. The average Bonchev–Trinajstić information content (AvgIpc) is 2.74. The lowest BCUT2D eigenvalue weighted by Gasteiger charge is -2.30. The van der Waals surface area contributed by atoms with Crippen LogP contribution in [0.5, 0.6) is 0 Å². The minimum absolute atomic E-state index is 0.0128. The molecule has 2 aliphatic rings. The molecule has 1 aliphatic heterocycles. The molecule has 0 amide bonds. The fraction of sp³-hybridized carbons (Fsp3) is 0.625. The van der Waals surface area contributed by atoms with Crippen molar-refractivity contribution in [3.05, 3.63) is 35.4 Å². The molecule has 0 radical (unpaired) electrons. The van der Waals surface area contributed by atoms with Crippen LogP contribution in [0, 0.1) is 0 Å². The van der Waals surface area contributed by atoms with E-state index >= 15 is 0 Å². The zero-order chi connectivity index (χ0) is 12.5. The van der Waals surface area contributed by atoms with Gasteiger partial charge in [0.2, 0.25) is 0 Å². The summed E-state index contributed by atoms with van der Waals surface area (Å²) in [4.78, 5) is 0. The summed E-state index contributed by atoms with van der Waals surface area (Å²) >= 11 is 0. The van der Waals surface area contributed by atoms with E-state index in [0.29, 0.717) is 12.0 Å². The van der Waals surface area contributed by atoms with Gasteiger partial charge in [-0.1, -0.05) is 30.7 Å². The maximum absolute atomic E-state index is 10.6. The van der Waals surface area contributed by atoms with Crippen LogP contribution < -0.4 is 0 Å². The standard InChI is InChI=1S/C16H22O2/c1-11-9-10-15(18-11)16(17)14-8-3-2-7-13(14)12-5-4-6-12/h2-3,7-8,11-12,15-17H,4-6,9-10H2,1H3. The largest absolute Gasteiger partial charge is 0.386 e. The van der Waals surface area contributed by atoms with Gasteiger partial charge in [-0.05, 0) is 49.7 Å². The topological polar surface area (TPSA) is 29.5 Å². The van der Waals surface area contributed by atoms with Crippen LogP contribution in [0.4, 0.5) is 0 Å². The van der Waals surface area contributed by atoms with Crippen LogP contribution >= 0.6 is 0 Å². The van der Waals surface area contributed by atoms with Gasteiger partial charge in [0.15, 0.2) is 0 Å². The second-order valence-corrected chi connectivity index (χ2v) is 5.76. The van der Waals surface area contributed by atoms with Gasteiger partial charge in [0, 0.05) is 0 Å². The first-order chi connectivity index (χ1) is 8.75. The van der Waals surface area contributed by atoms with Gasteiger partial charge >= 0.3 is 0 Å². The average molecular weight is 246 g/mol. The maximum Gasteiger partial charge on any atom is 0.105 e. The van der Waals surface area contributed by atoms with Crippen LogP contribution in [0.1, 0.15) is 62.2 Å². The van der Waals surface area contributed by atoms with E-state index in [1.54, 1.807) is 0 Å². The van der Waals surface area contributed by atoms with Crippen molar-refractivity contribution < 1.29 is 9.84 Å². The molecular formula is C16H22O2. The van der Waals surface area contributed by atoms with E-state index in [0.717, 1.165) is 18.4 Å². The summed E-state index contributed by atoms with van der Waals surface area (Å²) in [5, 5.41) is 10.6. The Morgan fingerprint density at radius 2 is 1.94 bits per heavy atom. The third-order valence-corrected chi connectivity index (χ3v) is 4.48. The van der Waals surface area contributed by atoms with Crippen molar-refractivity contribution in [3.8, 4) is 0 Å². The van der Waals surface area contributed by atoms with Gasteiger partial charge in [-0.3, -0.25) is 0 Å². The Morgan fingerprint density at radius 1 is 1.17 bits per heavy atom. The van der Waals surface area contributed by atoms with E-state index in [2.05, 4.69) is 25.1 Å². The minimum Gasteiger partial charge on any atom is -0.386 e. The molecule has 1 aliphatic carbocycles. The molecule has 1 saturated heterocycles. The highest BCUT2D eigenvalue weighted by Crippen LogP contribution is 2.41. The lowest BCUT2D eigenvalue weighted by molar-refractivity contribution is -0.0303. The molecule has 1 aromatic carbocycles. The third kappa shape index (κ3) is 2.19. The molecule has 1 heterocycles. The second-order valence-electron chi connectivity index (χ2n) is 5.76. The molecule has 1 aromatic rings. The molecule has 0 aromatic heterocycles. The molecule has 0 bridgehead atoms. The second kappa shape index (κ2) is 5.02. The molecule has 98 valence electrons. The van der Waals surface area contributed by atoms with Gasteiger partial charge in [0.1, 0.15) is 6.10 Å². The minimum atomic E-state index is -0.452. The van der Waals surface area contributed by atoms with E-state index in [4.69, 9.17) is 4.74 Å². The Kier molecular flexibility index (Phi) is 3.40. The Labute approximate surface area is 109 Å². The van der Waals surface area contributed by atoms with Crippen LogP contribution in [0.3, 0.4) is 0 Å². The molecular weight excluding hydrogens is 224 g/mol. The molecule has 0 spiro atoms. The smallest absolute Gasteiger partial charge is 0.105 e. The van der Waals surface area contributed by atoms with Gasteiger partial charge in [-0.2, -0.15) is 0 Å². The normalized spacial score (nSPS) is 30.1. The van der Waals surface area contributed by atoms with E-state index in [9.17, 15) is 5.11 Å². The third-order valence-electron chi connectivity index (χ3n) is 4.48. The van der Waals surface area contributed by atoms with Gasteiger partial charge in [0.05, 0.1) is 12.2 Å². The van der Waals surface area contributed by atoms with E-state index in [1.807, 2.05) is 6.07 Å². The highest BCUT2D eigenvalue weighted by atomic mass is 16.5. The van der Waals surface area contributed by atoms with Crippen LogP contribution in [0.25, 0.3) is 0 Å². The lowest BCUT2D eigenvalue weighted by atomic mass is 9.77. The van der Waals surface area contributed by atoms with Gasteiger partial charge < -0.3 is 9.84 Å². The summed E-state index contributed by atoms with van der Waals surface area (Å²) < 4.78 is 5.81. The molecule has 2 heteroatoms. The monoisotopic (exact) mass is 246 g/mol. The van der Waals surface area contributed by atoms with Crippen molar-refractivity contribution in [2.24, 2.45) is 0 Å². The summed E-state index contributed by atoms with van der Waals surface area (Å²) in [6, 6.07) is 8.37. The first-order valence-corrected chi connectivity index (χ1v) is 7.18. The predicted molar refractivity (Wildman–Crippen MR) is 71.6 cm³/mol. The SMILES string of the molecule is CC1CCC(C(O)c2ccccc2C2CCC2)O1. The molecule has 2 nitrogen and oxygen atoms in total. The van der Waals surface area contributed by atoms with Crippen molar-refractivity contribution in [1.82, 2.24) is 0 Å². The van der Waals surface area contributed by atoms with E-state index < -0.39 is 6.10 Å². The Hall–Kier alpha value is -0.860. The Morgan fingerprint density at radius 3 is 2.56 bits per heavy atom. The summed E-state index contributed by atoms with van der Waals surface area (Å²) in [6.07, 6.45) is 5.73. The van der Waals surface area contributed by atoms with Gasteiger partial charge in [0.25, 0.3) is 0 Å². The van der Waals surface area contributed by atoms with Crippen LogP contribution in [0.15, 0.2) is 24.3 Å². The fourth-order valence-corrected chi connectivity index (χ4v) is 3.14. The summed E-state index contributed by atoms with van der Waals surface area (Å²) in [7, 11) is 0. The zero-order valence-electron chi connectivity index (χ0n) is 11.0.